The molecule has 0 atom stereocenters. The van der Waals surface area contributed by atoms with Crippen LogP contribution in [0.25, 0.3) is 0 Å². The second kappa shape index (κ2) is 7.67. The van der Waals surface area contributed by atoms with Crippen LogP contribution in [0, 0.1) is 0 Å². The van der Waals surface area contributed by atoms with Crippen molar-refractivity contribution in [2.45, 2.75) is 37.6 Å². The van der Waals surface area contributed by atoms with Gasteiger partial charge in [0.25, 0.3) is 0 Å². The van der Waals surface area contributed by atoms with Gasteiger partial charge in [0.2, 0.25) is 0 Å². The molecule has 2 aromatic rings. The molecule has 0 bridgehead atoms. The number of hydrogen-bond acceptors (Lipinski definition) is 2. The Kier molecular flexibility index (Phi) is 5.89. The molecule has 1 N–H and O–H groups in total. The summed E-state index contributed by atoms with van der Waals surface area (Å²) < 4.78 is 0. The third-order valence-corrected chi connectivity index (χ3v) is 4.45. The first-order chi connectivity index (χ1) is 10.1. The minimum absolute atomic E-state index is 0.237. The predicted molar refractivity (Wildman–Crippen MR) is 94.0 cm³/mol. The van der Waals surface area contributed by atoms with Gasteiger partial charge >= 0.3 is 0 Å². The fourth-order valence-electron chi connectivity index (χ4n) is 2.12. The van der Waals surface area contributed by atoms with Gasteiger partial charge in [-0.1, -0.05) is 63.2 Å². The summed E-state index contributed by atoms with van der Waals surface area (Å²) in [5, 5.41) is 3.49. The molecule has 2 aromatic carbocycles. The Morgan fingerprint density at radius 3 is 2.19 bits per heavy atom. The van der Waals surface area contributed by atoms with Crippen molar-refractivity contribution in [3.05, 3.63) is 65.7 Å². The zero-order valence-electron chi connectivity index (χ0n) is 13.2. The Morgan fingerprint density at radius 2 is 1.57 bits per heavy atom. The van der Waals surface area contributed by atoms with E-state index in [1.54, 1.807) is 0 Å². The minimum atomic E-state index is 0.237. The third kappa shape index (κ3) is 5.56. The molecule has 0 saturated carbocycles. The Labute approximate surface area is 133 Å². The molecule has 0 amide bonds. The van der Waals surface area contributed by atoms with Gasteiger partial charge in [-0.15, -0.1) is 11.8 Å². The summed E-state index contributed by atoms with van der Waals surface area (Å²) in [7, 11) is 0. The molecule has 2 rings (SSSR count). The summed E-state index contributed by atoms with van der Waals surface area (Å²) in [4.78, 5) is 1.35. The van der Waals surface area contributed by atoms with Gasteiger partial charge in [-0.3, -0.25) is 0 Å². The van der Waals surface area contributed by atoms with Crippen LogP contribution in [0.1, 0.15) is 31.9 Å². The summed E-state index contributed by atoms with van der Waals surface area (Å²) >= 11 is 1.91. The zero-order valence-corrected chi connectivity index (χ0v) is 14.0. The van der Waals surface area contributed by atoms with E-state index in [9.17, 15) is 0 Å². The Balaban J connectivity index is 1.69. The number of rotatable bonds is 6. The van der Waals surface area contributed by atoms with E-state index in [0.29, 0.717) is 0 Å². The highest BCUT2D eigenvalue weighted by Gasteiger charge is 2.12. The standard InChI is InChI=1S/C19H25NS/c1-19(2,3)17-9-11-18(12-10-17)21-14-13-20-15-16-7-5-4-6-8-16/h4-12,20H,13-15H2,1-3H3. The predicted octanol–water partition coefficient (Wildman–Crippen LogP) is 4.87. The van der Waals surface area contributed by atoms with E-state index in [-0.39, 0.29) is 5.41 Å². The quantitative estimate of drug-likeness (QED) is 0.603. The van der Waals surface area contributed by atoms with E-state index < -0.39 is 0 Å². The molecule has 0 saturated heterocycles. The molecule has 0 aromatic heterocycles. The van der Waals surface area contributed by atoms with E-state index in [4.69, 9.17) is 0 Å². The van der Waals surface area contributed by atoms with Crippen LogP contribution in [0.2, 0.25) is 0 Å². The second-order valence-corrected chi connectivity index (χ2v) is 7.45. The van der Waals surface area contributed by atoms with Crippen LogP contribution >= 0.6 is 11.8 Å². The number of benzene rings is 2. The lowest BCUT2D eigenvalue weighted by atomic mass is 9.87. The van der Waals surface area contributed by atoms with E-state index in [2.05, 4.69) is 80.7 Å². The van der Waals surface area contributed by atoms with Crippen LogP contribution in [0.5, 0.6) is 0 Å². The molecule has 0 aliphatic rings. The highest BCUT2D eigenvalue weighted by molar-refractivity contribution is 7.99. The van der Waals surface area contributed by atoms with Crippen LogP contribution in [0.4, 0.5) is 0 Å². The van der Waals surface area contributed by atoms with Crippen LogP contribution in [-0.2, 0) is 12.0 Å². The van der Waals surface area contributed by atoms with Crippen molar-refractivity contribution < 1.29 is 0 Å². The number of hydrogen-bond donors (Lipinski definition) is 1. The molecule has 0 aliphatic carbocycles. The first kappa shape index (κ1) is 16.1. The van der Waals surface area contributed by atoms with Crippen molar-refractivity contribution in [1.29, 1.82) is 0 Å². The number of thioether (sulfide) groups is 1. The van der Waals surface area contributed by atoms with Crippen molar-refractivity contribution in [3.63, 3.8) is 0 Å². The Morgan fingerprint density at radius 1 is 0.905 bits per heavy atom. The molecule has 0 fully saturated rings. The van der Waals surface area contributed by atoms with E-state index in [0.717, 1.165) is 18.8 Å². The SMILES string of the molecule is CC(C)(C)c1ccc(SCCNCc2ccccc2)cc1. The zero-order chi connectivity index (χ0) is 15.1. The average molecular weight is 299 g/mol. The monoisotopic (exact) mass is 299 g/mol. The van der Waals surface area contributed by atoms with E-state index in [1.165, 1.54) is 16.0 Å². The van der Waals surface area contributed by atoms with E-state index in [1.807, 2.05) is 11.8 Å². The van der Waals surface area contributed by atoms with Gasteiger partial charge in [0.15, 0.2) is 0 Å². The van der Waals surface area contributed by atoms with Crippen LogP contribution in [0.15, 0.2) is 59.5 Å². The van der Waals surface area contributed by atoms with Crippen LogP contribution in [0.3, 0.4) is 0 Å². The fraction of sp³-hybridized carbons (Fsp3) is 0.368. The maximum Gasteiger partial charge on any atom is 0.0205 e. The summed E-state index contributed by atoms with van der Waals surface area (Å²) in [6, 6.07) is 19.5. The van der Waals surface area contributed by atoms with Gasteiger partial charge in [-0.05, 0) is 28.7 Å². The molecule has 0 radical (unpaired) electrons. The van der Waals surface area contributed by atoms with Gasteiger partial charge in [0.05, 0.1) is 0 Å². The van der Waals surface area contributed by atoms with Crippen molar-refractivity contribution in [1.82, 2.24) is 5.32 Å². The highest BCUT2D eigenvalue weighted by Crippen LogP contribution is 2.25. The smallest absolute Gasteiger partial charge is 0.0205 e. The molecule has 0 unspecified atom stereocenters. The topological polar surface area (TPSA) is 12.0 Å². The number of nitrogens with one attached hydrogen (secondary N) is 1. The van der Waals surface area contributed by atoms with Gasteiger partial charge < -0.3 is 5.32 Å². The maximum atomic E-state index is 3.49. The van der Waals surface area contributed by atoms with Gasteiger partial charge in [0, 0.05) is 23.7 Å². The minimum Gasteiger partial charge on any atom is -0.312 e. The highest BCUT2D eigenvalue weighted by atomic mass is 32.2. The Bertz CT molecular complexity index is 526. The second-order valence-electron chi connectivity index (χ2n) is 6.29. The third-order valence-electron chi connectivity index (χ3n) is 3.44. The Hall–Kier alpha value is -1.25. The van der Waals surface area contributed by atoms with Crippen LogP contribution < -0.4 is 5.32 Å². The first-order valence-electron chi connectivity index (χ1n) is 7.54. The van der Waals surface area contributed by atoms with Crippen molar-refractivity contribution in [2.24, 2.45) is 0 Å². The molecular formula is C19H25NS. The molecule has 21 heavy (non-hydrogen) atoms. The molecule has 0 heterocycles. The summed E-state index contributed by atoms with van der Waals surface area (Å²) in [6.45, 7) is 8.74. The lowest BCUT2D eigenvalue weighted by Crippen LogP contribution is -2.16. The molecular weight excluding hydrogens is 274 g/mol. The largest absolute Gasteiger partial charge is 0.312 e. The lowest BCUT2D eigenvalue weighted by molar-refractivity contribution is 0.590. The lowest BCUT2D eigenvalue weighted by Gasteiger charge is -2.19. The molecule has 112 valence electrons. The molecule has 0 aliphatic heterocycles. The maximum absolute atomic E-state index is 3.49. The first-order valence-corrected chi connectivity index (χ1v) is 8.52. The van der Waals surface area contributed by atoms with Crippen molar-refractivity contribution in [3.8, 4) is 0 Å². The fourth-order valence-corrected chi connectivity index (χ4v) is 2.93. The van der Waals surface area contributed by atoms with Gasteiger partial charge in [-0.2, -0.15) is 0 Å². The summed E-state index contributed by atoms with van der Waals surface area (Å²) in [5.74, 6) is 1.10. The summed E-state index contributed by atoms with van der Waals surface area (Å²) in [6.07, 6.45) is 0. The van der Waals surface area contributed by atoms with Gasteiger partial charge in [-0.25, -0.2) is 0 Å². The molecule has 2 heteroatoms. The van der Waals surface area contributed by atoms with Crippen molar-refractivity contribution >= 4 is 11.8 Å². The summed E-state index contributed by atoms with van der Waals surface area (Å²) in [5.41, 5.74) is 2.98. The van der Waals surface area contributed by atoms with E-state index >= 15 is 0 Å². The normalized spacial score (nSPS) is 11.6. The van der Waals surface area contributed by atoms with Crippen LogP contribution in [-0.4, -0.2) is 12.3 Å². The molecule has 1 nitrogen and oxygen atoms in total. The molecule has 0 spiro atoms. The average Bonchev–Trinajstić information content (AvgIpc) is 2.47. The van der Waals surface area contributed by atoms with Crippen molar-refractivity contribution in [2.75, 3.05) is 12.3 Å². The van der Waals surface area contributed by atoms with Gasteiger partial charge in [0.1, 0.15) is 0 Å².